The van der Waals surface area contributed by atoms with Crippen molar-refractivity contribution in [3.05, 3.63) is 80.7 Å². The summed E-state index contributed by atoms with van der Waals surface area (Å²) in [7, 11) is 3.62. The van der Waals surface area contributed by atoms with Crippen LogP contribution in [-0.4, -0.2) is 58.7 Å². The highest BCUT2D eigenvalue weighted by Gasteiger charge is 2.46. The molecule has 0 radical (unpaired) electrons. The van der Waals surface area contributed by atoms with Gasteiger partial charge in [-0.1, -0.05) is 12.1 Å². The zero-order valence-electron chi connectivity index (χ0n) is 17.3. The maximum absolute atomic E-state index is 14.1. The molecule has 1 atom stereocenters. The molecule has 1 N–H and O–H groups in total. The van der Waals surface area contributed by atoms with E-state index in [-0.39, 0.29) is 23.4 Å². The van der Waals surface area contributed by atoms with Gasteiger partial charge in [0.25, 0.3) is 17.4 Å². The molecule has 0 aliphatic carbocycles. The minimum atomic E-state index is -0.954. The first-order valence-electron chi connectivity index (χ1n) is 9.56. The van der Waals surface area contributed by atoms with E-state index in [0.29, 0.717) is 17.7 Å². The lowest BCUT2D eigenvalue weighted by atomic mass is 9.95. The van der Waals surface area contributed by atoms with Crippen LogP contribution in [0.2, 0.25) is 0 Å². The molecule has 9 heteroatoms. The number of aliphatic hydroxyl groups excluding tert-OH is 1. The van der Waals surface area contributed by atoms with Gasteiger partial charge in [-0.25, -0.2) is 4.39 Å². The van der Waals surface area contributed by atoms with Crippen molar-refractivity contribution in [2.75, 3.05) is 27.2 Å². The molecule has 1 heterocycles. The third-order valence-electron chi connectivity index (χ3n) is 5.19. The van der Waals surface area contributed by atoms with E-state index in [1.165, 1.54) is 41.3 Å². The van der Waals surface area contributed by atoms with Crippen molar-refractivity contribution in [1.29, 1.82) is 0 Å². The first-order chi connectivity index (χ1) is 14.6. The smallest absolute Gasteiger partial charge is 0.295 e. The molecule has 0 spiro atoms. The molecule has 1 aliphatic rings. The number of hydrogen-bond acceptors (Lipinski definition) is 6. The summed E-state index contributed by atoms with van der Waals surface area (Å²) in [5.74, 6) is -2.73. The van der Waals surface area contributed by atoms with Crippen LogP contribution in [0.5, 0.6) is 0 Å². The first-order valence-corrected chi connectivity index (χ1v) is 9.56. The SMILES string of the molecule is Cc1ccc(C(O)=C2C(=O)C(=O)N(CCN(C)C)[C@H]2c2ccc([N+](=O)[O-])cc2)cc1F. The zero-order valence-corrected chi connectivity index (χ0v) is 17.3. The second-order valence-corrected chi connectivity index (χ2v) is 7.61. The predicted octanol–water partition coefficient (Wildman–Crippen LogP) is 3.03. The van der Waals surface area contributed by atoms with Gasteiger partial charge >= 0.3 is 0 Å². The van der Waals surface area contributed by atoms with E-state index in [1.807, 2.05) is 19.0 Å². The van der Waals surface area contributed by atoms with Crippen LogP contribution in [0.15, 0.2) is 48.0 Å². The van der Waals surface area contributed by atoms with Gasteiger partial charge in [-0.3, -0.25) is 19.7 Å². The van der Waals surface area contributed by atoms with E-state index in [9.17, 15) is 29.2 Å². The molecule has 8 nitrogen and oxygen atoms in total. The summed E-state index contributed by atoms with van der Waals surface area (Å²) in [6.45, 7) is 2.21. The Labute approximate surface area is 178 Å². The Morgan fingerprint density at radius 1 is 1.19 bits per heavy atom. The van der Waals surface area contributed by atoms with Gasteiger partial charge in [-0.05, 0) is 50.3 Å². The van der Waals surface area contributed by atoms with Crippen LogP contribution < -0.4 is 0 Å². The van der Waals surface area contributed by atoms with Crippen molar-refractivity contribution in [3.8, 4) is 0 Å². The molecule has 1 fully saturated rings. The summed E-state index contributed by atoms with van der Waals surface area (Å²) in [5.41, 5.74) is 0.545. The number of benzene rings is 2. The fourth-order valence-corrected chi connectivity index (χ4v) is 3.44. The average molecular weight is 427 g/mol. The van der Waals surface area contributed by atoms with Crippen LogP contribution in [0, 0.1) is 22.9 Å². The van der Waals surface area contributed by atoms with Gasteiger partial charge in [0.05, 0.1) is 16.5 Å². The molecule has 2 aromatic carbocycles. The number of carbonyl (C=O) groups is 2. The monoisotopic (exact) mass is 427 g/mol. The number of carbonyl (C=O) groups excluding carboxylic acids is 2. The highest BCUT2D eigenvalue weighted by molar-refractivity contribution is 6.46. The molecule has 1 aliphatic heterocycles. The van der Waals surface area contributed by atoms with Gasteiger partial charge in [0.1, 0.15) is 11.6 Å². The molecule has 0 unspecified atom stereocenters. The van der Waals surface area contributed by atoms with Crippen LogP contribution in [0.4, 0.5) is 10.1 Å². The van der Waals surface area contributed by atoms with E-state index in [0.717, 1.165) is 6.07 Å². The number of amides is 1. The average Bonchev–Trinajstić information content (AvgIpc) is 2.98. The maximum atomic E-state index is 14.1. The Hall–Kier alpha value is -3.59. The van der Waals surface area contributed by atoms with Crippen molar-refractivity contribution < 1.29 is 24.0 Å². The van der Waals surface area contributed by atoms with Crippen molar-refractivity contribution in [2.24, 2.45) is 0 Å². The summed E-state index contributed by atoms with van der Waals surface area (Å²) in [6.07, 6.45) is 0. The zero-order chi connectivity index (χ0) is 22.9. The minimum absolute atomic E-state index is 0.0700. The van der Waals surface area contributed by atoms with Gasteiger partial charge in [-0.2, -0.15) is 0 Å². The fourth-order valence-electron chi connectivity index (χ4n) is 3.44. The number of ketones is 1. The molecule has 0 aromatic heterocycles. The van der Waals surface area contributed by atoms with Crippen LogP contribution in [-0.2, 0) is 9.59 Å². The Balaban J connectivity index is 2.16. The summed E-state index contributed by atoms with van der Waals surface area (Å²) in [4.78, 5) is 39.2. The highest BCUT2D eigenvalue weighted by Crippen LogP contribution is 2.39. The van der Waals surface area contributed by atoms with E-state index >= 15 is 0 Å². The van der Waals surface area contributed by atoms with Gasteiger partial charge in [-0.15, -0.1) is 0 Å². The van der Waals surface area contributed by atoms with Crippen molar-refractivity contribution >= 4 is 23.1 Å². The molecule has 1 amide bonds. The second kappa shape index (κ2) is 8.65. The number of aliphatic hydroxyl groups is 1. The Morgan fingerprint density at radius 3 is 2.39 bits per heavy atom. The van der Waals surface area contributed by atoms with Crippen LogP contribution in [0.3, 0.4) is 0 Å². The number of hydrogen-bond donors (Lipinski definition) is 1. The maximum Gasteiger partial charge on any atom is 0.295 e. The van der Waals surface area contributed by atoms with Gasteiger partial charge in [0.2, 0.25) is 0 Å². The second-order valence-electron chi connectivity index (χ2n) is 7.61. The Kier molecular flexibility index (Phi) is 6.16. The lowest BCUT2D eigenvalue weighted by Crippen LogP contribution is -2.35. The highest BCUT2D eigenvalue weighted by atomic mass is 19.1. The van der Waals surface area contributed by atoms with Gasteiger partial charge < -0.3 is 14.9 Å². The Bertz CT molecular complexity index is 1080. The first kappa shape index (κ1) is 22.1. The van der Waals surface area contributed by atoms with E-state index < -0.39 is 34.2 Å². The third kappa shape index (κ3) is 4.31. The normalized spacial score (nSPS) is 18.1. The third-order valence-corrected chi connectivity index (χ3v) is 5.19. The van der Waals surface area contributed by atoms with Crippen LogP contribution in [0.25, 0.3) is 5.76 Å². The molecule has 2 aromatic rings. The topological polar surface area (TPSA) is 104 Å². The van der Waals surface area contributed by atoms with Crippen molar-refractivity contribution in [2.45, 2.75) is 13.0 Å². The van der Waals surface area contributed by atoms with Crippen molar-refractivity contribution in [3.63, 3.8) is 0 Å². The Morgan fingerprint density at radius 2 is 1.84 bits per heavy atom. The molecular weight excluding hydrogens is 405 g/mol. The summed E-state index contributed by atoms with van der Waals surface area (Å²) in [6, 6.07) is 8.51. The molecule has 1 saturated heterocycles. The summed E-state index contributed by atoms with van der Waals surface area (Å²) < 4.78 is 14.1. The molecule has 3 rings (SSSR count). The number of non-ortho nitro benzene ring substituents is 1. The van der Waals surface area contributed by atoms with Crippen molar-refractivity contribution in [1.82, 2.24) is 9.80 Å². The lowest BCUT2D eigenvalue weighted by Gasteiger charge is -2.26. The number of nitro groups is 1. The quantitative estimate of drug-likeness (QED) is 0.250. The standard InChI is InChI=1S/C22H22FN3O5/c1-13-4-5-15(12-17(13)23)20(27)18-19(14-6-8-16(9-7-14)26(30)31)25(11-10-24(2)3)22(29)21(18)28/h4-9,12,19,27H,10-11H2,1-3H3/t19-/m0/s1. The molecule has 31 heavy (non-hydrogen) atoms. The van der Waals surface area contributed by atoms with Crippen LogP contribution >= 0.6 is 0 Å². The minimum Gasteiger partial charge on any atom is -0.507 e. The van der Waals surface area contributed by atoms with Gasteiger partial charge in [0, 0.05) is 30.8 Å². The summed E-state index contributed by atoms with van der Waals surface area (Å²) in [5, 5.41) is 21.9. The van der Waals surface area contributed by atoms with Crippen LogP contribution in [0.1, 0.15) is 22.7 Å². The molecule has 162 valence electrons. The number of likely N-dealkylation sites (tertiary alicyclic amines) is 1. The van der Waals surface area contributed by atoms with Gasteiger partial charge in [0.15, 0.2) is 0 Å². The number of aryl methyl sites for hydroxylation is 1. The number of halogens is 1. The fraction of sp³-hybridized carbons (Fsp3) is 0.273. The molecule has 0 saturated carbocycles. The van der Waals surface area contributed by atoms with E-state index in [2.05, 4.69) is 0 Å². The molecular formula is C22H22FN3O5. The number of rotatable bonds is 6. The number of likely N-dealkylation sites (N-methyl/N-ethyl adjacent to an activating group) is 1. The number of nitro benzene ring substituents is 1. The summed E-state index contributed by atoms with van der Waals surface area (Å²) >= 11 is 0. The lowest BCUT2D eigenvalue weighted by molar-refractivity contribution is -0.384. The number of nitrogens with zero attached hydrogens (tertiary/aromatic N) is 3. The number of Topliss-reactive ketones (excluding diaryl/α,β-unsaturated/α-hetero) is 1. The van der Waals surface area contributed by atoms with E-state index in [4.69, 9.17) is 0 Å². The largest absolute Gasteiger partial charge is 0.507 e. The van der Waals surface area contributed by atoms with E-state index in [1.54, 1.807) is 6.92 Å². The predicted molar refractivity (Wildman–Crippen MR) is 112 cm³/mol. The molecule has 0 bridgehead atoms.